The molecule has 1 fully saturated rings. The second-order valence-corrected chi connectivity index (χ2v) is 5.89. The maximum Gasteiger partial charge on any atom is 0.409 e. The molecule has 0 saturated carbocycles. The van der Waals surface area contributed by atoms with Crippen LogP contribution in [0.1, 0.15) is 31.2 Å². The van der Waals surface area contributed by atoms with Crippen LogP contribution in [0.3, 0.4) is 0 Å². The number of likely N-dealkylation sites (tertiary alicyclic amines) is 1. The zero-order chi connectivity index (χ0) is 16.8. The highest BCUT2D eigenvalue weighted by atomic mass is 16.6. The number of rotatable bonds is 5. The number of hydrogen-bond donors (Lipinski definition) is 1. The summed E-state index contributed by atoms with van der Waals surface area (Å²) in [6, 6.07) is 2.29. The number of aromatic nitrogens is 2. The van der Waals surface area contributed by atoms with Gasteiger partial charge in [-0.05, 0) is 39.7 Å². The summed E-state index contributed by atoms with van der Waals surface area (Å²) in [5.74, 6) is 0. The van der Waals surface area contributed by atoms with Crippen LogP contribution in [-0.4, -0.2) is 52.8 Å². The van der Waals surface area contributed by atoms with Crippen LogP contribution in [0.4, 0.5) is 4.79 Å². The zero-order valence-corrected chi connectivity index (χ0v) is 14.2. The van der Waals surface area contributed by atoms with Crippen molar-refractivity contribution in [3.05, 3.63) is 27.9 Å². The van der Waals surface area contributed by atoms with Gasteiger partial charge in [-0.1, -0.05) is 0 Å². The lowest BCUT2D eigenvalue weighted by molar-refractivity contribution is 0.0950. The molecule has 23 heavy (non-hydrogen) atoms. The molecular formula is C16H26N4O3. The molecule has 1 aliphatic rings. The average molecular weight is 322 g/mol. The smallest absolute Gasteiger partial charge is 0.409 e. The first-order valence-electron chi connectivity index (χ1n) is 8.21. The van der Waals surface area contributed by atoms with E-state index in [-0.39, 0.29) is 11.8 Å². The molecule has 7 nitrogen and oxygen atoms in total. The van der Waals surface area contributed by atoms with E-state index < -0.39 is 0 Å². The molecule has 1 aromatic rings. The third kappa shape index (κ3) is 4.79. The van der Waals surface area contributed by atoms with Gasteiger partial charge >= 0.3 is 11.8 Å². The van der Waals surface area contributed by atoms with Gasteiger partial charge in [0.15, 0.2) is 0 Å². The monoisotopic (exact) mass is 322 g/mol. The number of piperidine rings is 1. The summed E-state index contributed by atoms with van der Waals surface area (Å²) < 4.78 is 6.70. The summed E-state index contributed by atoms with van der Waals surface area (Å²) in [4.78, 5) is 29.3. The number of aryl methyl sites for hydroxylation is 2. The van der Waals surface area contributed by atoms with Crippen LogP contribution in [0, 0.1) is 13.8 Å². The molecule has 0 spiro atoms. The van der Waals surface area contributed by atoms with E-state index in [9.17, 15) is 9.59 Å². The van der Waals surface area contributed by atoms with Crippen molar-refractivity contribution in [3.63, 3.8) is 0 Å². The second-order valence-electron chi connectivity index (χ2n) is 5.89. The van der Waals surface area contributed by atoms with Gasteiger partial charge in [0.1, 0.15) is 0 Å². The van der Waals surface area contributed by atoms with Crippen LogP contribution in [0.15, 0.2) is 10.9 Å². The van der Waals surface area contributed by atoms with E-state index in [2.05, 4.69) is 10.3 Å². The molecule has 0 radical (unpaired) electrons. The van der Waals surface area contributed by atoms with Crippen LogP contribution >= 0.6 is 0 Å². The van der Waals surface area contributed by atoms with Gasteiger partial charge < -0.3 is 15.0 Å². The highest BCUT2D eigenvalue weighted by Crippen LogP contribution is 2.11. The first kappa shape index (κ1) is 17.5. The van der Waals surface area contributed by atoms with E-state index in [1.165, 1.54) is 0 Å². The minimum Gasteiger partial charge on any atom is -0.450 e. The van der Waals surface area contributed by atoms with Crippen molar-refractivity contribution in [2.24, 2.45) is 0 Å². The maximum absolute atomic E-state index is 11.9. The minimum absolute atomic E-state index is 0.193. The lowest BCUT2D eigenvalue weighted by Gasteiger charge is -2.31. The van der Waals surface area contributed by atoms with Gasteiger partial charge in [0.2, 0.25) is 0 Å². The van der Waals surface area contributed by atoms with Gasteiger partial charge in [-0.3, -0.25) is 4.57 Å². The Bertz CT molecular complexity index is 591. The molecule has 1 aromatic heterocycles. The lowest BCUT2D eigenvalue weighted by Crippen LogP contribution is -2.46. The summed E-state index contributed by atoms with van der Waals surface area (Å²) >= 11 is 0. The fraction of sp³-hybridized carbons (Fsp3) is 0.688. The second kappa shape index (κ2) is 8.10. The fourth-order valence-corrected chi connectivity index (χ4v) is 2.91. The Balaban J connectivity index is 1.76. The summed E-state index contributed by atoms with van der Waals surface area (Å²) in [5.41, 5.74) is 1.49. The molecular weight excluding hydrogens is 296 g/mol. The van der Waals surface area contributed by atoms with E-state index in [0.717, 1.165) is 30.8 Å². The van der Waals surface area contributed by atoms with E-state index in [1.54, 1.807) is 9.47 Å². The van der Waals surface area contributed by atoms with Crippen molar-refractivity contribution in [2.45, 2.75) is 46.2 Å². The molecule has 1 amide bonds. The highest BCUT2D eigenvalue weighted by molar-refractivity contribution is 5.67. The standard InChI is InChI=1S/C16H26N4O3/c1-4-23-16(22)19-8-5-14(6-9-19)17-7-10-20-13(3)11-12(2)18-15(20)21/h11,14,17H,4-10H2,1-3H3. The summed E-state index contributed by atoms with van der Waals surface area (Å²) in [5, 5.41) is 3.46. The number of carbonyl (C=O) groups is 1. The predicted molar refractivity (Wildman–Crippen MR) is 87.6 cm³/mol. The van der Waals surface area contributed by atoms with Crippen molar-refractivity contribution in [1.82, 2.24) is 19.8 Å². The van der Waals surface area contributed by atoms with Crippen LogP contribution in [-0.2, 0) is 11.3 Å². The Hall–Kier alpha value is -1.89. The van der Waals surface area contributed by atoms with E-state index in [1.807, 2.05) is 26.8 Å². The van der Waals surface area contributed by atoms with Gasteiger partial charge in [-0.2, -0.15) is 4.98 Å². The van der Waals surface area contributed by atoms with Gasteiger partial charge in [0, 0.05) is 43.6 Å². The molecule has 1 saturated heterocycles. The van der Waals surface area contributed by atoms with Crippen molar-refractivity contribution in [1.29, 1.82) is 0 Å². The number of hydrogen-bond acceptors (Lipinski definition) is 5. The number of ether oxygens (including phenoxy) is 1. The minimum atomic E-state index is -0.223. The third-order valence-corrected chi connectivity index (χ3v) is 4.14. The van der Waals surface area contributed by atoms with Crippen molar-refractivity contribution >= 4 is 6.09 Å². The van der Waals surface area contributed by atoms with Gasteiger partial charge in [-0.15, -0.1) is 0 Å². The molecule has 0 aromatic carbocycles. The van der Waals surface area contributed by atoms with Gasteiger partial charge in [0.25, 0.3) is 0 Å². The number of amides is 1. The number of carbonyl (C=O) groups excluding carboxylic acids is 1. The van der Waals surface area contributed by atoms with Crippen LogP contribution in [0.2, 0.25) is 0 Å². The molecule has 0 bridgehead atoms. The Morgan fingerprint density at radius 1 is 1.39 bits per heavy atom. The van der Waals surface area contributed by atoms with E-state index in [0.29, 0.717) is 32.3 Å². The number of nitrogens with one attached hydrogen (secondary N) is 1. The topological polar surface area (TPSA) is 76.5 Å². The Labute approximate surface area is 136 Å². The van der Waals surface area contributed by atoms with Gasteiger partial charge in [-0.25, -0.2) is 9.59 Å². The van der Waals surface area contributed by atoms with E-state index >= 15 is 0 Å². The fourth-order valence-electron chi connectivity index (χ4n) is 2.91. The summed E-state index contributed by atoms with van der Waals surface area (Å²) in [6.07, 6.45) is 1.58. The quantitative estimate of drug-likeness (QED) is 0.877. The molecule has 128 valence electrons. The van der Waals surface area contributed by atoms with Crippen LogP contribution < -0.4 is 11.0 Å². The Kier molecular flexibility index (Phi) is 6.15. The lowest BCUT2D eigenvalue weighted by atomic mass is 10.1. The van der Waals surface area contributed by atoms with Crippen molar-refractivity contribution < 1.29 is 9.53 Å². The first-order valence-corrected chi connectivity index (χ1v) is 8.21. The molecule has 2 heterocycles. The molecule has 1 N–H and O–H groups in total. The average Bonchev–Trinajstić information content (AvgIpc) is 2.50. The van der Waals surface area contributed by atoms with Crippen molar-refractivity contribution in [2.75, 3.05) is 26.2 Å². The zero-order valence-electron chi connectivity index (χ0n) is 14.2. The van der Waals surface area contributed by atoms with Crippen molar-refractivity contribution in [3.8, 4) is 0 Å². The van der Waals surface area contributed by atoms with Gasteiger partial charge in [0.05, 0.1) is 6.61 Å². The molecule has 0 unspecified atom stereocenters. The normalized spacial score (nSPS) is 15.7. The summed E-state index contributed by atoms with van der Waals surface area (Å²) in [7, 11) is 0. The maximum atomic E-state index is 11.9. The molecule has 0 atom stereocenters. The Morgan fingerprint density at radius 2 is 2.09 bits per heavy atom. The highest BCUT2D eigenvalue weighted by Gasteiger charge is 2.23. The Morgan fingerprint density at radius 3 is 2.70 bits per heavy atom. The predicted octanol–water partition coefficient (Wildman–Crippen LogP) is 1.07. The molecule has 0 aliphatic carbocycles. The molecule has 7 heteroatoms. The first-order chi connectivity index (χ1) is 11.0. The molecule has 2 rings (SSSR count). The largest absolute Gasteiger partial charge is 0.450 e. The van der Waals surface area contributed by atoms with Crippen LogP contribution in [0.5, 0.6) is 0 Å². The number of nitrogens with zero attached hydrogens (tertiary/aromatic N) is 3. The van der Waals surface area contributed by atoms with E-state index in [4.69, 9.17) is 4.74 Å². The third-order valence-electron chi connectivity index (χ3n) is 4.14. The van der Waals surface area contributed by atoms with Crippen LogP contribution in [0.25, 0.3) is 0 Å². The molecule has 1 aliphatic heterocycles. The summed E-state index contributed by atoms with van der Waals surface area (Å²) in [6.45, 7) is 8.72. The SMILES string of the molecule is CCOC(=O)N1CCC(NCCn2c(C)cc(C)nc2=O)CC1.